The molecule has 17 heavy (non-hydrogen) atoms. The molecule has 96 valence electrons. The minimum Gasteiger partial charge on any atom is -0.301 e. The van der Waals surface area contributed by atoms with E-state index in [1.807, 2.05) is 0 Å². The second kappa shape index (κ2) is 6.45. The number of terminal acetylenes is 1. The topological polar surface area (TPSA) is 12.0 Å². The highest BCUT2D eigenvalue weighted by Crippen LogP contribution is 2.40. The molecule has 2 fully saturated rings. The fraction of sp³-hybridized carbons (Fsp3) is 0.875. The van der Waals surface area contributed by atoms with E-state index in [2.05, 4.69) is 18.2 Å². The van der Waals surface area contributed by atoms with Crippen molar-refractivity contribution in [1.82, 2.24) is 5.32 Å². The fourth-order valence-corrected chi connectivity index (χ4v) is 3.81. The molecule has 2 rings (SSSR count). The van der Waals surface area contributed by atoms with Crippen LogP contribution in [0.5, 0.6) is 0 Å². The van der Waals surface area contributed by atoms with Crippen LogP contribution in [0.1, 0.15) is 64.7 Å². The largest absolute Gasteiger partial charge is 0.301 e. The van der Waals surface area contributed by atoms with Crippen molar-refractivity contribution in [3.63, 3.8) is 0 Å². The minimum atomic E-state index is 0.310. The molecule has 2 aliphatic carbocycles. The van der Waals surface area contributed by atoms with E-state index < -0.39 is 0 Å². The van der Waals surface area contributed by atoms with Gasteiger partial charge in [0.1, 0.15) is 0 Å². The van der Waals surface area contributed by atoms with Crippen LogP contribution in [0.2, 0.25) is 0 Å². The van der Waals surface area contributed by atoms with Crippen molar-refractivity contribution in [3.05, 3.63) is 0 Å². The predicted molar refractivity (Wildman–Crippen MR) is 73.8 cm³/mol. The molecule has 1 heteroatoms. The van der Waals surface area contributed by atoms with Gasteiger partial charge >= 0.3 is 0 Å². The van der Waals surface area contributed by atoms with Crippen LogP contribution < -0.4 is 5.32 Å². The minimum absolute atomic E-state index is 0.310. The highest BCUT2D eigenvalue weighted by molar-refractivity contribution is 5.00. The standard InChI is InChI=1S/C16H27N/c1-3-7-15(4-2)17-16-11-10-13-8-5-6-9-14(13)12-16/h2,13-17H,3,5-12H2,1H3. The molecule has 1 N–H and O–H groups in total. The summed E-state index contributed by atoms with van der Waals surface area (Å²) in [6.45, 7) is 2.21. The van der Waals surface area contributed by atoms with Crippen LogP contribution >= 0.6 is 0 Å². The maximum absolute atomic E-state index is 5.60. The lowest BCUT2D eigenvalue weighted by atomic mass is 9.69. The van der Waals surface area contributed by atoms with E-state index in [4.69, 9.17) is 6.42 Å². The summed E-state index contributed by atoms with van der Waals surface area (Å²) >= 11 is 0. The van der Waals surface area contributed by atoms with Gasteiger partial charge in [0.15, 0.2) is 0 Å². The van der Waals surface area contributed by atoms with Crippen molar-refractivity contribution in [2.75, 3.05) is 0 Å². The molecular weight excluding hydrogens is 206 g/mol. The molecule has 1 nitrogen and oxygen atoms in total. The summed E-state index contributed by atoms with van der Waals surface area (Å²) in [7, 11) is 0. The molecule has 0 amide bonds. The van der Waals surface area contributed by atoms with Crippen LogP contribution in [0.25, 0.3) is 0 Å². The van der Waals surface area contributed by atoms with Gasteiger partial charge in [-0.2, -0.15) is 0 Å². The third-order valence-electron chi connectivity index (χ3n) is 4.76. The summed E-state index contributed by atoms with van der Waals surface area (Å²) in [6, 6.07) is 1.01. The molecule has 2 saturated carbocycles. The molecule has 2 aliphatic rings. The lowest BCUT2D eigenvalue weighted by Crippen LogP contribution is -2.43. The van der Waals surface area contributed by atoms with Gasteiger partial charge in [-0.3, -0.25) is 0 Å². The predicted octanol–water partition coefficient (Wildman–Crippen LogP) is 3.74. The zero-order valence-corrected chi connectivity index (χ0v) is 11.3. The van der Waals surface area contributed by atoms with Crippen LogP contribution in [-0.4, -0.2) is 12.1 Å². The van der Waals surface area contributed by atoms with E-state index in [9.17, 15) is 0 Å². The lowest BCUT2D eigenvalue weighted by Gasteiger charge is -2.40. The summed E-state index contributed by atoms with van der Waals surface area (Å²) in [4.78, 5) is 0. The van der Waals surface area contributed by atoms with Crippen molar-refractivity contribution >= 4 is 0 Å². The summed E-state index contributed by atoms with van der Waals surface area (Å²) in [5.41, 5.74) is 0. The third-order valence-corrected chi connectivity index (χ3v) is 4.76. The normalized spacial score (nSPS) is 34.7. The Hall–Kier alpha value is -0.480. The van der Waals surface area contributed by atoms with E-state index in [1.165, 1.54) is 51.4 Å². The maximum Gasteiger partial charge on any atom is 0.0688 e. The zero-order chi connectivity index (χ0) is 12.1. The Morgan fingerprint density at radius 3 is 2.65 bits per heavy atom. The number of hydrogen-bond donors (Lipinski definition) is 1. The molecule has 0 aromatic heterocycles. The zero-order valence-electron chi connectivity index (χ0n) is 11.3. The summed E-state index contributed by atoms with van der Waals surface area (Å²) in [5, 5.41) is 3.70. The Balaban J connectivity index is 1.81. The SMILES string of the molecule is C#CC(CCC)NC1CCC2CCCCC2C1. The van der Waals surface area contributed by atoms with E-state index in [-0.39, 0.29) is 0 Å². The van der Waals surface area contributed by atoms with Crippen molar-refractivity contribution in [2.45, 2.75) is 76.8 Å². The smallest absolute Gasteiger partial charge is 0.0688 e. The summed E-state index contributed by atoms with van der Waals surface area (Å²) in [6.07, 6.45) is 18.0. The first kappa shape index (κ1) is 13.0. The Morgan fingerprint density at radius 1 is 1.18 bits per heavy atom. The van der Waals surface area contributed by atoms with Gasteiger partial charge < -0.3 is 5.32 Å². The lowest BCUT2D eigenvalue weighted by molar-refractivity contribution is 0.141. The highest BCUT2D eigenvalue weighted by Gasteiger charge is 2.32. The first-order valence-electron chi connectivity index (χ1n) is 7.55. The van der Waals surface area contributed by atoms with Gasteiger partial charge in [0, 0.05) is 6.04 Å². The summed E-state index contributed by atoms with van der Waals surface area (Å²) < 4.78 is 0. The molecule has 0 saturated heterocycles. The van der Waals surface area contributed by atoms with Gasteiger partial charge in [-0.15, -0.1) is 6.42 Å². The molecule has 0 radical (unpaired) electrons. The van der Waals surface area contributed by atoms with Gasteiger partial charge in [-0.1, -0.05) is 44.9 Å². The second-order valence-corrected chi connectivity index (χ2v) is 5.99. The Morgan fingerprint density at radius 2 is 1.94 bits per heavy atom. The number of fused-ring (bicyclic) bond motifs is 1. The van der Waals surface area contributed by atoms with Gasteiger partial charge in [0.05, 0.1) is 6.04 Å². The van der Waals surface area contributed by atoms with E-state index in [1.54, 1.807) is 0 Å². The van der Waals surface area contributed by atoms with Gasteiger partial charge in [0.25, 0.3) is 0 Å². The molecule has 0 heterocycles. The van der Waals surface area contributed by atoms with Crippen molar-refractivity contribution in [1.29, 1.82) is 0 Å². The number of hydrogen-bond acceptors (Lipinski definition) is 1. The maximum atomic E-state index is 5.60. The second-order valence-electron chi connectivity index (χ2n) is 5.99. The van der Waals surface area contributed by atoms with Crippen LogP contribution in [0, 0.1) is 24.2 Å². The fourth-order valence-electron chi connectivity index (χ4n) is 3.81. The highest BCUT2D eigenvalue weighted by atomic mass is 14.9. The number of nitrogens with one attached hydrogen (secondary N) is 1. The van der Waals surface area contributed by atoms with Crippen molar-refractivity contribution in [2.24, 2.45) is 11.8 Å². The first-order chi connectivity index (χ1) is 8.33. The van der Waals surface area contributed by atoms with Crippen molar-refractivity contribution in [3.8, 4) is 12.3 Å². The average Bonchev–Trinajstić information content (AvgIpc) is 2.38. The van der Waals surface area contributed by atoms with E-state index in [0.717, 1.165) is 18.3 Å². The van der Waals surface area contributed by atoms with E-state index >= 15 is 0 Å². The Kier molecular flexibility index (Phi) is 4.92. The Labute approximate surface area is 107 Å². The van der Waals surface area contributed by atoms with Crippen LogP contribution in [0.15, 0.2) is 0 Å². The molecule has 0 aromatic rings. The molecule has 0 aromatic carbocycles. The first-order valence-corrected chi connectivity index (χ1v) is 7.55. The van der Waals surface area contributed by atoms with Crippen LogP contribution in [0.3, 0.4) is 0 Å². The Bertz CT molecular complexity index is 265. The van der Waals surface area contributed by atoms with Crippen molar-refractivity contribution < 1.29 is 0 Å². The number of rotatable bonds is 4. The molecule has 0 bridgehead atoms. The quantitative estimate of drug-likeness (QED) is 0.729. The average molecular weight is 233 g/mol. The summed E-state index contributed by atoms with van der Waals surface area (Å²) in [5.74, 6) is 4.95. The molecule has 0 spiro atoms. The third kappa shape index (κ3) is 3.49. The molecule has 0 aliphatic heterocycles. The molecule has 4 atom stereocenters. The van der Waals surface area contributed by atoms with Crippen LogP contribution in [0.4, 0.5) is 0 Å². The van der Waals surface area contributed by atoms with Crippen LogP contribution in [-0.2, 0) is 0 Å². The van der Waals surface area contributed by atoms with Gasteiger partial charge in [0.2, 0.25) is 0 Å². The monoisotopic (exact) mass is 233 g/mol. The van der Waals surface area contributed by atoms with Gasteiger partial charge in [-0.25, -0.2) is 0 Å². The molecule has 4 unspecified atom stereocenters. The molecular formula is C16H27N. The van der Waals surface area contributed by atoms with E-state index in [0.29, 0.717) is 12.1 Å². The van der Waals surface area contributed by atoms with Gasteiger partial charge in [-0.05, 0) is 37.5 Å².